The van der Waals surface area contributed by atoms with Crippen molar-refractivity contribution in [2.45, 2.75) is 31.7 Å². The van der Waals surface area contributed by atoms with Gasteiger partial charge in [-0.3, -0.25) is 9.39 Å². The van der Waals surface area contributed by atoms with Gasteiger partial charge >= 0.3 is 0 Å². The maximum Gasteiger partial charge on any atom is 0.191 e. The van der Waals surface area contributed by atoms with Crippen LogP contribution in [0.2, 0.25) is 0 Å². The van der Waals surface area contributed by atoms with Gasteiger partial charge in [0.05, 0.1) is 0 Å². The van der Waals surface area contributed by atoms with E-state index < -0.39 is 0 Å². The highest BCUT2D eigenvalue weighted by molar-refractivity contribution is 14.0. The molecule has 0 aliphatic heterocycles. The predicted molar refractivity (Wildman–Crippen MR) is 94.0 cm³/mol. The summed E-state index contributed by atoms with van der Waals surface area (Å²) < 4.78 is 2.02. The second kappa shape index (κ2) is 7.06. The zero-order valence-corrected chi connectivity index (χ0v) is 14.5. The number of pyridine rings is 1. The summed E-state index contributed by atoms with van der Waals surface area (Å²) in [6.45, 7) is 0.727. The van der Waals surface area contributed by atoms with E-state index in [1.807, 2.05) is 35.8 Å². The van der Waals surface area contributed by atoms with Crippen molar-refractivity contribution in [2.75, 3.05) is 13.6 Å². The molecular weight excluding hydrogens is 379 g/mol. The predicted octanol–water partition coefficient (Wildman–Crippen LogP) is 1.69. The van der Waals surface area contributed by atoms with Crippen molar-refractivity contribution in [2.24, 2.45) is 10.7 Å². The summed E-state index contributed by atoms with van der Waals surface area (Å²) in [5, 5.41) is 8.34. The van der Waals surface area contributed by atoms with Gasteiger partial charge in [0.2, 0.25) is 0 Å². The van der Waals surface area contributed by atoms with E-state index in [9.17, 15) is 0 Å². The van der Waals surface area contributed by atoms with Gasteiger partial charge in [-0.15, -0.1) is 34.2 Å². The third kappa shape index (κ3) is 3.84. The fourth-order valence-corrected chi connectivity index (χ4v) is 2.25. The number of hydrogen-bond acceptors (Lipinski definition) is 3. The van der Waals surface area contributed by atoms with Gasteiger partial charge in [0, 0.05) is 32.3 Å². The lowest BCUT2D eigenvalue weighted by molar-refractivity contribution is 0.487. The summed E-state index contributed by atoms with van der Waals surface area (Å²) >= 11 is 0. The standard InChI is InChI=1S/C14H20N6.HI/c1-19(11-7-8-11)14(15)16-9-4-6-13-18-17-12-5-2-3-10-20(12)13;/h2-3,5,10-11H,4,6-9H2,1H3,(H2,15,16);1H. The van der Waals surface area contributed by atoms with Gasteiger partial charge in [-0.05, 0) is 31.4 Å². The molecule has 0 aromatic carbocycles. The van der Waals surface area contributed by atoms with Crippen LogP contribution in [0.5, 0.6) is 0 Å². The monoisotopic (exact) mass is 400 g/mol. The van der Waals surface area contributed by atoms with Gasteiger partial charge in [0.25, 0.3) is 0 Å². The number of nitrogens with zero attached hydrogens (tertiary/aromatic N) is 5. The first-order chi connectivity index (χ1) is 9.75. The van der Waals surface area contributed by atoms with Crippen molar-refractivity contribution >= 4 is 35.6 Å². The van der Waals surface area contributed by atoms with Gasteiger partial charge in [0.15, 0.2) is 11.6 Å². The van der Waals surface area contributed by atoms with Crippen LogP contribution < -0.4 is 5.73 Å². The molecule has 3 rings (SSSR count). The average molecular weight is 400 g/mol. The van der Waals surface area contributed by atoms with Crippen molar-refractivity contribution in [3.63, 3.8) is 0 Å². The van der Waals surface area contributed by atoms with Crippen LogP contribution in [0.3, 0.4) is 0 Å². The minimum absolute atomic E-state index is 0. The molecule has 1 aliphatic rings. The van der Waals surface area contributed by atoms with Crippen LogP contribution in [-0.4, -0.2) is 45.1 Å². The Morgan fingerprint density at radius 3 is 3.00 bits per heavy atom. The third-order valence-electron chi connectivity index (χ3n) is 3.67. The minimum Gasteiger partial charge on any atom is -0.370 e. The topological polar surface area (TPSA) is 71.8 Å². The third-order valence-corrected chi connectivity index (χ3v) is 3.67. The first-order valence-corrected chi connectivity index (χ1v) is 7.07. The normalized spacial score (nSPS) is 15.0. The lowest BCUT2D eigenvalue weighted by Crippen LogP contribution is -2.35. The Morgan fingerprint density at radius 2 is 2.24 bits per heavy atom. The molecule has 0 saturated heterocycles. The molecule has 1 saturated carbocycles. The Labute approximate surface area is 141 Å². The van der Waals surface area contributed by atoms with Crippen molar-refractivity contribution in [3.8, 4) is 0 Å². The van der Waals surface area contributed by atoms with Gasteiger partial charge in [-0.25, -0.2) is 0 Å². The molecule has 6 nitrogen and oxygen atoms in total. The molecule has 0 atom stereocenters. The zero-order valence-electron chi connectivity index (χ0n) is 12.1. The summed E-state index contributed by atoms with van der Waals surface area (Å²) in [4.78, 5) is 6.50. The van der Waals surface area contributed by atoms with Crippen LogP contribution in [0, 0.1) is 0 Å². The highest BCUT2D eigenvalue weighted by Crippen LogP contribution is 2.24. The summed E-state index contributed by atoms with van der Waals surface area (Å²) in [7, 11) is 2.02. The SMILES string of the molecule is CN(C(N)=NCCCc1nnc2ccccn12)C1CC1.I. The van der Waals surface area contributed by atoms with E-state index in [0.717, 1.165) is 30.9 Å². The molecule has 2 N–H and O–H groups in total. The van der Waals surface area contributed by atoms with Crippen molar-refractivity contribution < 1.29 is 0 Å². The van der Waals surface area contributed by atoms with E-state index in [1.54, 1.807) is 0 Å². The zero-order chi connectivity index (χ0) is 13.9. The Morgan fingerprint density at radius 1 is 1.43 bits per heavy atom. The second-order valence-electron chi connectivity index (χ2n) is 5.23. The number of guanidine groups is 1. The quantitative estimate of drug-likeness (QED) is 0.359. The number of hydrogen-bond donors (Lipinski definition) is 1. The first-order valence-electron chi connectivity index (χ1n) is 7.07. The van der Waals surface area contributed by atoms with Crippen LogP contribution in [0.25, 0.3) is 5.65 Å². The van der Waals surface area contributed by atoms with Crippen molar-refractivity contribution in [1.29, 1.82) is 0 Å². The van der Waals surface area contributed by atoms with E-state index in [0.29, 0.717) is 12.0 Å². The fraction of sp³-hybridized carbons (Fsp3) is 0.500. The van der Waals surface area contributed by atoms with Crippen molar-refractivity contribution in [3.05, 3.63) is 30.2 Å². The Balaban J connectivity index is 0.00000161. The van der Waals surface area contributed by atoms with Gasteiger partial charge < -0.3 is 10.6 Å². The Hall–Kier alpha value is -1.38. The lowest BCUT2D eigenvalue weighted by Gasteiger charge is -2.16. The number of aliphatic imine (C=N–C) groups is 1. The maximum atomic E-state index is 5.95. The number of fused-ring (bicyclic) bond motifs is 1. The number of nitrogens with two attached hydrogens (primary N) is 1. The van der Waals surface area contributed by atoms with Crippen LogP contribution in [0.4, 0.5) is 0 Å². The molecule has 0 spiro atoms. The molecule has 21 heavy (non-hydrogen) atoms. The van der Waals surface area contributed by atoms with E-state index in [-0.39, 0.29) is 24.0 Å². The van der Waals surface area contributed by atoms with E-state index >= 15 is 0 Å². The molecule has 2 aromatic heterocycles. The molecule has 2 aromatic rings. The van der Waals surface area contributed by atoms with Gasteiger partial charge in [-0.2, -0.15) is 0 Å². The molecule has 0 radical (unpaired) electrons. The number of rotatable bonds is 5. The molecule has 2 heterocycles. The van der Waals surface area contributed by atoms with Crippen LogP contribution in [0.1, 0.15) is 25.1 Å². The van der Waals surface area contributed by atoms with E-state index in [4.69, 9.17) is 5.73 Å². The van der Waals surface area contributed by atoms with Crippen LogP contribution >= 0.6 is 24.0 Å². The molecule has 0 unspecified atom stereocenters. The van der Waals surface area contributed by atoms with Crippen LogP contribution in [0.15, 0.2) is 29.4 Å². The summed E-state index contributed by atoms with van der Waals surface area (Å²) in [5.41, 5.74) is 6.84. The average Bonchev–Trinajstić information content (AvgIpc) is 3.24. The van der Waals surface area contributed by atoms with E-state index in [1.165, 1.54) is 12.8 Å². The number of halogens is 1. The lowest BCUT2D eigenvalue weighted by atomic mass is 10.3. The van der Waals surface area contributed by atoms with Gasteiger partial charge in [-0.1, -0.05) is 6.07 Å². The molecule has 114 valence electrons. The Kier molecular flexibility index (Phi) is 5.38. The first kappa shape index (κ1) is 16.0. The smallest absolute Gasteiger partial charge is 0.191 e. The Bertz CT molecular complexity index is 619. The van der Waals surface area contributed by atoms with E-state index in [2.05, 4.69) is 20.1 Å². The maximum absolute atomic E-state index is 5.95. The highest BCUT2D eigenvalue weighted by Gasteiger charge is 2.27. The molecule has 1 fully saturated rings. The number of aryl methyl sites for hydroxylation is 1. The highest BCUT2D eigenvalue weighted by atomic mass is 127. The van der Waals surface area contributed by atoms with Crippen LogP contribution in [-0.2, 0) is 6.42 Å². The largest absolute Gasteiger partial charge is 0.370 e. The molecule has 7 heteroatoms. The number of aromatic nitrogens is 3. The molecule has 1 aliphatic carbocycles. The minimum atomic E-state index is 0. The second-order valence-corrected chi connectivity index (χ2v) is 5.23. The fourth-order valence-electron chi connectivity index (χ4n) is 2.25. The summed E-state index contributed by atoms with van der Waals surface area (Å²) in [6.07, 6.45) is 6.24. The summed E-state index contributed by atoms with van der Waals surface area (Å²) in [5.74, 6) is 1.63. The molecular formula is C14H21IN6. The summed E-state index contributed by atoms with van der Waals surface area (Å²) in [6, 6.07) is 6.52. The van der Waals surface area contributed by atoms with Crippen molar-refractivity contribution in [1.82, 2.24) is 19.5 Å². The molecule has 0 bridgehead atoms. The molecule has 0 amide bonds. The van der Waals surface area contributed by atoms with Gasteiger partial charge in [0.1, 0.15) is 5.82 Å².